The number of ether oxygens (including phenoxy) is 1. The van der Waals surface area contributed by atoms with E-state index in [4.69, 9.17) is 4.74 Å². The van der Waals surface area contributed by atoms with Crippen LogP contribution in [0.2, 0.25) is 0 Å². The Bertz CT molecular complexity index is 1160. The van der Waals surface area contributed by atoms with E-state index >= 15 is 0 Å². The summed E-state index contributed by atoms with van der Waals surface area (Å²) < 4.78 is 7.58. The molecule has 0 bridgehead atoms. The van der Waals surface area contributed by atoms with E-state index in [2.05, 4.69) is 51.3 Å². The Balaban J connectivity index is 1.28. The number of unbranched alkanes of at least 4 members (excludes halogenated alkanes) is 1. The summed E-state index contributed by atoms with van der Waals surface area (Å²) in [6, 6.07) is 7.97. The number of allylic oxidation sites excluding steroid dienone is 4. The van der Waals surface area contributed by atoms with Crippen LogP contribution in [0.1, 0.15) is 57.7 Å². The lowest BCUT2D eigenvalue weighted by atomic mass is 9.99. The zero-order valence-electron chi connectivity index (χ0n) is 22.5. The van der Waals surface area contributed by atoms with Gasteiger partial charge in [-0.25, -0.2) is 0 Å². The SMILES string of the molecule is COc1cccc(-n2c(CCCCC(=O)NCCCN3CCCC3=O)nnc2SCC2C=CC(C)=CC2)c1. The first-order chi connectivity index (χ1) is 18.5. The standard InChI is InChI=1S/C29H39N5O3S/c1-22-13-15-23(16-14-22)21-38-29-32-31-26(34(29)24-8-5-9-25(20-24)37-2)10-3-4-11-27(35)30-17-7-19-33-18-6-12-28(33)36/h5,8-9,13-15,20,23H,3-4,6-7,10-12,16-19,21H2,1-2H3,(H,30,35). The first-order valence-corrected chi connectivity index (χ1v) is 14.6. The molecule has 0 radical (unpaired) electrons. The van der Waals surface area contributed by atoms with E-state index in [1.165, 1.54) is 5.57 Å². The van der Waals surface area contributed by atoms with Crippen LogP contribution in [-0.4, -0.2) is 64.0 Å². The fourth-order valence-electron chi connectivity index (χ4n) is 4.74. The highest BCUT2D eigenvalue weighted by molar-refractivity contribution is 7.99. The van der Waals surface area contributed by atoms with Gasteiger partial charge < -0.3 is 15.0 Å². The second-order valence-electron chi connectivity index (χ2n) is 9.94. The molecule has 2 amide bonds. The third-order valence-corrected chi connectivity index (χ3v) is 8.08. The molecule has 1 aromatic carbocycles. The van der Waals surface area contributed by atoms with Gasteiger partial charge in [-0.15, -0.1) is 10.2 Å². The number of rotatable bonds is 14. The molecule has 2 aromatic rings. The molecule has 1 aliphatic heterocycles. The van der Waals surface area contributed by atoms with Crippen LogP contribution in [0.25, 0.3) is 5.69 Å². The van der Waals surface area contributed by atoms with Crippen LogP contribution in [0.3, 0.4) is 0 Å². The molecule has 1 aromatic heterocycles. The van der Waals surface area contributed by atoms with Crippen LogP contribution in [0.5, 0.6) is 5.75 Å². The molecular weight excluding hydrogens is 498 g/mol. The largest absolute Gasteiger partial charge is 0.497 e. The number of likely N-dealkylation sites (tertiary alicyclic amines) is 1. The number of benzene rings is 1. The molecule has 0 saturated carbocycles. The molecule has 1 atom stereocenters. The van der Waals surface area contributed by atoms with Gasteiger partial charge in [0.1, 0.15) is 11.6 Å². The second kappa shape index (κ2) is 14.2. The van der Waals surface area contributed by atoms with Crippen LogP contribution < -0.4 is 10.1 Å². The first kappa shape index (κ1) is 28.0. The monoisotopic (exact) mass is 537 g/mol. The van der Waals surface area contributed by atoms with Crippen LogP contribution in [0, 0.1) is 5.92 Å². The van der Waals surface area contributed by atoms with Gasteiger partial charge in [-0.2, -0.15) is 0 Å². The van der Waals surface area contributed by atoms with Gasteiger partial charge in [0, 0.05) is 50.7 Å². The minimum atomic E-state index is 0.0630. The smallest absolute Gasteiger partial charge is 0.222 e. The summed E-state index contributed by atoms with van der Waals surface area (Å²) >= 11 is 1.73. The molecule has 8 nitrogen and oxygen atoms in total. The molecular formula is C29H39N5O3S. The molecule has 9 heteroatoms. The van der Waals surface area contributed by atoms with Crippen molar-refractivity contribution >= 4 is 23.6 Å². The van der Waals surface area contributed by atoms with Gasteiger partial charge in [-0.05, 0) is 57.1 Å². The second-order valence-corrected chi connectivity index (χ2v) is 10.9. The molecule has 2 aliphatic rings. The van der Waals surface area contributed by atoms with Gasteiger partial charge in [-0.1, -0.05) is 41.6 Å². The van der Waals surface area contributed by atoms with E-state index in [-0.39, 0.29) is 11.8 Å². The number of nitrogens with zero attached hydrogens (tertiary/aromatic N) is 4. The summed E-state index contributed by atoms with van der Waals surface area (Å²) in [6.45, 7) is 4.32. The molecule has 1 N–H and O–H groups in total. The van der Waals surface area contributed by atoms with Gasteiger partial charge in [-0.3, -0.25) is 14.2 Å². The van der Waals surface area contributed by atoms with E-state index in [1.807, 2.05) is 23.1 Å². The maximum Gasteiger partial charge on any atom is 0.222 e. The number of hydrogen-bond donors (Lipinski definition) is 1. The molecule has 1 unspecified atom stereocenters. The number of thioether (sulfide) groups is 1. The summed E-state index contributed by atoms with van der Waals surface area (Å²) in [5.41, 5.74) is 2.30. The Hall–Kier alpha value is -3.07. The third-order valence-electron chi connectivity index (χ3n) is 6.96. The van der Waals surface area contributed by atoms with Crippen LogP contribution >= 0.6 is 11.8 Å². The van der Waals surface area contributed by atoms with Crippen molar-refractivity contribution in [3.8, 4) is 11.4 Å². The van der Waals surface area contributed by atoms with Crippen molar-refractivity contribution in [2.75, 3.05) is 32.5 Å². The summed E-state index contributed by atoms with van der Waals surface area (Å²) in [6.07, 6.45) is 13.1. The number of aryl methyl sites for hydroxylation is 1. The highest BCUT2D eigenvalue weighted by Crippen LogP contribution is 2.29. The van der Waals surface area contributed by atoms with Crippen molar-refractivity contribution in [2.45, 2.75) is 63.4 Å². The van der Waals surface area contributed by atoms with Crippen molar-refractivity contribution in [1.82, 2.24) is 25.0 Å². The molecule has 1 saturated heterocycles. The molecule has 1 fully saturated rings. The fourth-order valence-corrected chi connectivity index (χ4v) is 5.79. The van der Waals surface area contributed by atoms with Crippen molar-refractivity contribution in [3.63, 3.8) is 0 Å². The Morgan fingerprint density at radius 1 is 1.24 bits per heavy atom. The number of amides is 2. The maximum atomic E-state index is 12.3. The summed E-state index contributed by atoms with van der Waals surface area (Å²) in [7, 11) is 1.67. The Morgan fingerprint density at radius 3 is 2.89 bits per heavy atom. The van der Waals surface area contributed by atoms with Gasteiger partial charge in [0.15, 0.2) is 5.16 Å². The minimum absolute atomic E-state index is 0.0630. The number of carbonyl (C=O) groups excluding carboxylic acids is 2. The fraction of sp³-hybridized carbons (Fsp3) is 0.517. The van der Waals surface area contributed by atoms with Crippen LogP contribution in [0.15, 0.2) is 53.2 Å². The third kappa shape index (κ3) is 7.96. The lowest BCUT2D eigenvalue weighted by molar-refractivity contribution is -0.127. The van der Waals surface area contributed by atoms with Crippen molar-refractivity contribution in [2.24, 2.45) is 5.92 Å². The van der Waals surface area contributed by atoms with Gasteiger partial charge in [0.05, 0.1) is 12.8 Å². The predicted molar refractivity (Wildman–Crippen MR) is 151 cm³/mol. The normalized spacial score (nSPS) is 17.1. The van der Waals surface area contributed by atoms with E-state index < -0.39 is 0 Å². The van der Waals surface area contributed by atoms with Crippen molar-refractivity contribution in [1.29, 1.82) is 0 Å². The Kier molecular flexibility index (Phi) is 10.4. The Labute approximate surface area is 229 Å². The zero-order chi connectivity index (χ0) is 26.7. The molecule has 38 heavy (non-hydrogen) atoms. The average Bonchev–Trinajstić information content (AvgIpc) is 3.54. The number of methoxy groups -OCH3 is 1. The Morgan fingerprint density at radius 2 is 2.13 bits per heavy atom. The van der Waals surface area contributed by atoms with E-state index in [1.54, 1.807) is 18.9 Å². The van der Waals surface area contributed by atoms with Gasteiger partial charge in [0.25, 0.3) is 0 Å². The summed E-state index contributed by atoms with van der Waals surface area (Å²) in [5.74, 6) is 3.41. The number of aromatic nitrogens is 3. The van der Waals surface area contributed by atoms with Crippen LogP contribution in [-0.2, 0) is 16.0 Å². The number of nitrogens with one attached hydrogen (secondary N) is 1. The highest BCUT2D eigenvalue weighted by Gasteiger charge is 2.19. The van der Waals surface area contributed by atoms with Crippen molar-refractivity contribution in [3.05, 3.63) is 53.9 Å². The van der Waals surface area contributed by atoms with Gasteiger partial charge in [0.2, 0.25) is 11.8 Å². The number of carbonyl (C=O) groups is 2. The molecule has 0 spiro atoms. The number of hydrogen-bond acceptors (Lipinski definition) is 6. The zero-order valence-corrected chi connectivity index (χ0v) is 23.3. The average molecular weight is 538 g/mol. The minimum Gasteiger partial charge on any atom is -0.497 e. The van der Waals surface area contributed by atoms with E-state index in [0.717, 1.165) is 79.8 Å². The van der Waals surface area contributed by atoms with E-state index in [0.29, 0.717) is 25.3 Å². The van der Waals surface area contributed by atoms with Crippen LogP contribution in [0.4, 0.5) is 0 Å². The molecule has 1 aliphatic carbocycles. The summed E-state index contributed by atoms with van der Waals surface area (Å²) in [5, 5.41) is 12.9. The quantitative estimate of drug-likeness (QED) is 0.277. The van der Waals surface area contributed by atoms with Gasteiger partial charge >= 0.3 is 0 Å². The lowest BCUT2D eigenvalue weighted by Crippen LogP contribution is -2.30. The summed E-state index contributed by atoms with van der Waals surface area (Å²) in [4.78, 5) is 25.8. The highest BCUT2D eigenvalue weighted by atomic mass is 32.2. The molecule has 204 valence electrons. The maximum absolute atomic E-state index is 12.3. The molecule has 2 heterocycles. The first-order valence-electron chi connectivity index (χ1n) is 13.6. The lowest BCUT2D eigenvalue weighted by Gasteiger charge is -2.15. The topological polar surface area (TPSA) is 89.4 Å². The predicted octanol–water partition coefficient (Wildman–Crippen LogP) is 4.73. The van der Waals surface area contributed by atoms with Crippen molar-refractivity contribution < 1.29 is 14.3 Å². The molecule has 4 rings (SSSR count). The van der Waals surface area contributed by atoms with E-state index in [9.17, 15) is 9.59 Å².